The number of fused-ring (bicyclic) bond motifs is 1. The minimum atomic E-state index is -4.69. The number of nitrogens with two attached hydrogens (primary N) is 1. The van der Waals surface area contributed by atoms with Gasteiger partial charge < -0.3 is 15.8 Å². The molecule has 0 aliphatic rings. The van der Waals surface area contributed by atoms with Crippen LogP contribution < -0.4 is 5.73 Å². The fourth-order valence-corrected chi connectivity index (χ4v) is 2.57. The Morgan fingerprint density at radius 1 is 1.27 bits per heavy atom. The molecule has 26 heavy (non-hydrogen) atoms. The second-order valence-electron chi connectivity index (χ2n) is 5.45. The average molecular weight is 371 g/mol. The number of rotatable bonds is 3. The first-order valence-electron chi connectivity index (χ1n) is 7.11. The van der Waals surface area contributed by atoms with Gasteiger partial charge in [0.15, 0.2) is 0 Å². The third kappa shape index (κ3) is 2.88. The summed E-state index contributed by atoms with van der Waals surface area (Å²) in [6.07, 6.45) is -5.01. The largest absolute Gasteiger partial charge is 0.417 e. The first-order chi connectivity index (χ1) is 12.1. The molecule has 0 fully saturated rings. The molecule has 10 heteroatoms. The highest BCUT2D eigenvalue weighted by molar-refractivity contribution is 5.93. The normalized spacial score (nSPS) is 13.2. The third-order valence-electron chi connectivity index (χ3n) is 3.85. The van der Waals surface area contributed by atoms with Crippen molar-refractivity contribution in [3.8, 4) is 0 Å². The number of aromatic amines is 1. The number of primary amides is 1. The van der Waals surface area contributed by atoms with Gasteiger partial charge in [0.05, 0.1) is 16.7 Å². The van der Waals surface area contributed by atoms with E-state index in [0.717, 1.165) is 18.3 Å². The van der Waals surface area contributed by atoms with Gasteiger partial charge in [0, 0.05) is 23.3 Å². The summed E-state index contributed by atoms with van der Waals surface area (Å²) in [6.45, 7) is 0. The molecule has 0 spiro atoms. The third-order valence-corrected chi connectivity index (χ3v) is 3.85. The minimum Gasteiger partial charge on any atom is -0.383 e. The van der Waals surface area contributed by atoms with Gasteiger partial charge in [-0.05, 0) is 18.2 Å². The van der Waals surface area contributed by atoms with E-state index in [1.54, 1.807) is 0 Å². The van der Waals surface area contributed by atoms with Gasteiger partial charge in [-0.1, -0.05) is 0 Å². The van der Waals surface area contributed by atoms with Crippen molar-refractivity contribution in [2.24, 2.45) is 5.73 Å². The topological polar surface area (TPSA) is 92.0 Å². The van der Waals surface area contributed by atoms with Crippen LogP contribution in [0.4, 0.5) is 22.0 Å². The Balaban J connectivity index is 2.19. The van der Waals surface area contributed by atoms with Crippen LogP contribution in [0.5, 0.6) is 0 Å². The van der Waals surface area contributed by atoms with Crippen LogP contribution in [0, 0.1) is 11.6 Å². The molecule has 3 rings (SSSR count). The predicted molar refractivity (Wildman–Crippen MR) is 80.0 cm³/mol. The van der Waals surface area contributed by atoms with E-state index in [1.165, 1.54) is 0 Å². The predicted octanol–water partition coefficient (Wildman–Crippen LogP) is 3.04. The highest BCUT2D eigenvalue weighted by atomic mass is 19.4. The fraction of sp³-hybridized carbons (Fsp3) is 0.125. The Hall–Kier alpha value is -3.01. The van der Waals surface area contributed by atoms with Crippen molar-refractivity contribution in [3.05, 3.63) is 64.5 Å². The van der Waals surface area contributed by atoms with E-state index in [2.05, 4.69) is 9.97 Å². The van der Waals surface area contributed by atoms with Gasteiger partial charge in [0.1, 0.15) is 23.4 Å². The van der Waals surface area contributed by atoms with Crippen LogP contribution in [0.15, 0.2) is 30.6 Å². The van der Waals surface area contributed by atoms with Crippen molar-refractivity contribution in [3.63, 3.8) is 0 Å². The number of H-pyrrole nitrogens is 1. The lowest BCUT2D eigenvalue weighted by Gasteiger charge is -2.14. The van der Waals surface area contributed by atoms with E-state index in [4.69, 9.17) is 5.73 Å². The molecule has 3 aromatic rings. The maximum absolute atomic E-state index is 14.4. The molecule has 1 unspecified atom stereocenters. The Labute approximate surface area is 142 Å². The van der Waals surface area contributed by atoms with Crippen molar-refractivity contribution >= 4 is 16.9 Å². The van der Waals surface area contributed by atoms with Gasteiger partial charge in [0.25, 0.3) is 5.91 Å². The Morgan fingerprint density at radius 2 is 1.96 bits per heavy atom. The van der Waals surface area contributed by atoms with Crippen molar-refractivity contribution in [1.82, 2.24) is 9.97 Å². The van der Waals surface area contributed by atoms with Crippen LogP contribution >= 0.6 is 0 Å². The highest BCUT2D eigenvalue weighted by Gasteiger charge is 2.32. The second-order valence-corrected chi connectivity index (χ2v) is 5.45. The van der Waals surface area contributed by atoms with Crippen molar-refractivity contribution in [2.75, 3.05) is 0 Å². The molecule has 2 aromatic heterocycles. The zero-order valence-corrected chi connectivity index (χ0v) is 12.7. The number of benzene rings is 1. The number of amides is 1. The molecule has 1 aromatic carbocycles. The fourth-order valence-electron chi connectivity index (χ4n) is 2.57. The standard InChI is InChI=1S/C16H10F5N3O2/c17-10-2-1-7(14(22)26)12(18)11(10)13(25)9-5-24-15-8(9)3-6(4-23-15)16(19,20)21/h1-5,13,25H,(H2,22,26)(H,23,24). The van der Waals surface area contributed by atoms with Crippen LogP contribution in [-0.4, -0.2) is 21.0 Å². The molecule has 136 valence electrons. The van der Waals surface area contributed by atoms with Crippen molar-refractivity contribution in [2.45, 2.75) is 12.3 Å². The lowest BCUT2D eigenvalue weighted by Crippen LogP contribution is -2.16. The number of nitrogens with one attached hydrogen (secondary N) is 1. The monoisotopic (exact) mass is 371 g/mol. The SMILES string of the molecule is NC(=O)c1ccc(F)c(C(O)c2c[nH]c3ncc(C(F)(F)F)cc23)c1F. The number of carbonyl (C=O) groups excluding carboxylic acids is 1. The number of hydrogen-bond donors (Lipinski definition) is 3. The molecule has 4 N–H and O–H groups in total. The number of halogens is 5. The lowest BCUT2D eigenvalue weighted by atomic mass is 9.97. The summed E-state index contributed by atoms with van der Waals surface area (Å²) in [5.74, 6) is -3.76. The molecular weight excluding hydrogens is 361 g/mol. The second kappa shape index (κ2) is 6.06. The molecule has 5 nitrogen and oxygen atoms in total. The van der Waals surface area contributed by atoms with E-state index in [-0.39, 0.29) is 16.6 Å². The van der Waals surface area contributed by atoms with Crippen LogP contribution in [0.3, 0.4) is 0 Å². The maximum atomic E-state index is 14.4. The number of nitrogens with zero attached hydrogens (tertiary/aromatic N) is 1. The molecule has 0 radical (unpaired) electrons. The Kier molecular flexibility index (Phi) is 4.15. The smallest absolute Gasteiger partial charge is 0.383 e. The van der Waals surface area contributed by atoms with E-state index in [0.29, 0.717) is 12.3 Å². The summed E-state index contributed by atoms with van der Waals surface area (Å²) in [4.78, 5) is 17.3. The van der Waals surface area contributed by atoms with Gasteiger partial charge in [-0.25, -0.2) is 13.8 Å². The minimum absolute atomic E-state index is 0.0149. The molecule has 2 heterocycles. The van der Waals surface area contributed by atoms with E-state index in [9.17, 15) is 31.9 Å². The highest BCUT2D eigenvalue weighted by Crippen LogP contribution is 2.35. The van der Waals surface area contributed by atoms with Crippen LogP contribution in [0.1, 0.15) is 33.2 Å². The molecule has 1 atom stereocenters. The molecule has 0 saturated heterocycles. The summed E-state index contributed by atoms with van der Waals surface area (Å²) >= 11 is 0. The molecule has 0 saturated carbocycles. The molecule has 0 bridgehead atoms. The number of hydrogen-bond acceptors (Lipinski definition) is 3. The van der Waals surface area contributed by atoms with Crippen LogP contribution in [-0.2, 0) is 6.18 Å². The van der Waals surface area contributed by atoms with Crippen molar-refractivity contribution in [1.29, 1.82) is 0 Å². The van der Waals surface area contributed by atoms with Gasteiger partial charge in [0.2, 0.25) is 0 Å². The van der Waals surface area contributed by atoms with Crippen molar-refractivity contribution < 1.29 is 31.9 Å². The zero-order chi connectivity index (χ0) is 19.2. The van der Waals surface area contributed by atoms with Gasteiger partial charge in [-0.2, -0.15) is 13.2 Å². The molecule has 1 amide bonds. The lowest BCUT2D eigenvalue weighted by molar-refractivity contribution is -0.137. The number of carbonyl (C=O) groups is 1. The summed E-state index contributed by atoms with van der Waals surface area (Å²) in [5, 5.41) is 10.2. The number of pyridine rings is 1. The summed E-state index contributed by atoms with van der Waals surface area (Å²) in [6, 6.07) is 2.24. The van der Waals surface area contributed by atoms with Gasteiger partial charge in [-0.15, -0.1) is 0 Å². The summed E-state index contributed by atoms with van der Waals surface area (Å²) < 4.78 is 67.0. The first-order valence-corrected chi connectivity index (χ1v) is 7.11. The van der Waals surface area contributed by atoms with Crippen LogP contribution in [0.2, 0.25) is 0 Å². The zero-order valence-electron chi connectivity index (χ0n) is 12.7. The summed E-state index contributed by atoms with van der Waals surface area (Å²) in [5.41, 5.74) is 2.08. The summed E-state index contributed by atoms with van der Waals surface area (Å²) in [7, 11) is 0. The molecule has 0 aliphatic carbocycles. The molecule has 0 aliphatic heterocycles. The number of alkyl halides is 3. The average Bonchev–Trinajstić information content (AvgIpc) is 2.96. The number of aromatic nitrogens is 2. The quantitative estimate of drug-likeness (QED) is 0.618. The van der Waals surface area contributed by atoms with E-state index >= 15 is 0 Å². The van der Waals surface area contributed by atoms with Gasteiger partial charge >= 0.3 is 6.18 Å². The maximum Gasteiger partial charge on any atom is 0.417 e. The first kappa shape index (κ1) is 17.8. The van der Waals surface area contributed by atoms with E-state index in [1.807, 2.05) is 0 Å². The Morgan fingerprint density at radius 3 is 2.58 bits per heavy atom. The Bertz CT molecular complexity index is 1010. The van der Waals surface area contributed by atoms with Gasteiger partial charge in [-0.3, -0.25) is 4.79 Å². The number of aliphatic hydroxyl groups is 1. The molecular formula is C16H10F5N3O2. The number of aliphatic hydroxyl groups excluding tert-OH is 1. The van der Waals surface area contributed by atoms with E-state index < -0.39 is 46.5 Å². The van der Waals surface area contributed by atoms with Crippen LogP contribution in [0.25, 0.3) is 11.0 Å².